The van der Waals surface area contributed by atoms with Crippen LogP contribution in [0.3, 0.4) is 0 Å². The van der Waals surface area contributed by atoms with Crippen LogP contribution in [0.15, 0.2) is 11.0 Å². The van der Waals surface area contributed by atoms with E-state index in [1.165, 1.54) is 0 Å². The fraction of sp³-hybridized carbons (Fsp3) is 0.167. The highest BCUT2D eigenvalue weighted by Crippen LogP contribution is 2.29. The molecular formula is C6H4ClF2IN2O2S. The van der Waals surface area contributed by atoms with Crippen LogP contribution >= 0.6 is 33.3 Å². The summed E-state index contributed by atoms with van der Waals surface area (Å²) in [5.74, 6) is -0.285. The number of nitrogens with zero attached hydrogens (tertiary/aromatic N) is 1. The lowest BCUT2D eigenvalue weighted by atomic mass is 10.3. The van der Waals surface area contributed by atoms with Crippen molar-refractivity contribution in [2.75, 3.05) is 5.73 Å². The first kappa shape index (κ1) is 12.8. The number of hydrogen-bond acceptors (Lipinski definition) is 4. The topological polar surface area (TPSA) is 73.0 Å². The Morgan fingerprint density at radius 3 is 2.47 bits per heavy atom. The molecule has 0 saturated heterocycles. The predicted octanol–water partition coefficient (Wildman–Crippen LogP) is 2.13. The van der Waals surface area contributed by atoms with Crippen LogP contribution in [0.2, 0.25) is 0 Å². The van der Waals surface area contributed by atoms with E-state index >= 15 is 0 Å². The normalized spacial score (nSPS) is 12.1. The number of hydrogen-bond donors (Lipinski definition) is 1. The number of nitrogens with two attached hydrogens (primary N) is 1. The Balaban J connectivity index is 3.52. The molecule has 0 aromatic carbocycles. The Bertz CT molecular complexity index is 494. The first-order valence-electron chi connectivity index (χ1n) is 3.42. The summed E-state index contributed by atoms with van der Waals surface area (Å²) in [4.78, 5) is 2.89. The number of rotatable bonds is 2. The monoisotopic (exact) mass is 368 g/mol. The second kappa shape index (κ2) is 4.34. The second-order valence-corrected chi connectivity index (χ2v) is 6.10. The maximum Gasteiger partial charge on any atom is 0.280 e. The number of alkyl halides is 2. The molecule has 0 aliphatic heterocycles. The number of nitrogen functional groups attached to an aromatic ring is 1. The fourth-order valence-electron chi connectivity index (χ4n) is 0.834. The lowest BCUT2D eigenvalue weighted by Crippen LogP contribution is -2.05. The smallest absolute Gasteiger partial charge is 0.280 e. The van der Waals surface area contributed by atoms with Gasteiger partial charge in [0.15, 0.2) is 0 Å². The van der Waals surface area contributed by atoms with E-state index in [0.717, 1.165) is 0 Å². The van der Waals surface area contributed by atoms with Gasteiger partial charge in [-0.2, -0.15) is 0 Å². The molecule has 0 fully saturated rings. The molecule has 0 saturated carbocycles. The van der Waals surface area contributed by atoms with E-state index in [2.05, 4.69) is 4.98 Å². The van der Waals surface area contributed by atoms with Crippen LogP contribution in [0.1, 0.15) is 12.1 Å². The molecule has 0 spiro atoms. The summed E-state index contributed by atoms with van der Waals surface area (Å²) in [6.45, 7) is 0. The highest BCUT2D eigenvalue weighted by atomic mass is 127. The largest absolute Gasteiger partial charge is 0.383 e. The van der Waals surface area contributed by atoms with Gasteiger partial charge in [0, 0.05) is 10.7 Å². The highest BCUT2D eigenvalue weighted by molar-refractivity contribution is 14.1. The second-order valence-electron chi connectivity index (χ2n) is 2.48. The van der Waals surface area contributed by atoms with Gasteiger partial charge in [-0.3, -0.25) is 0 Å². The summed E-state index contributed by atoms with van der Waals surface area (Å²) in [6.07, 6.45) is -2.90. The number of pyridine rings is 1. The average molecular weight is 369 g/mol. The lowest BCUT2D eigenvalue weighted by Gasteiger charge is -2.06. The van der Waals surface area contributed by atoms with Gasteiger partial charge in [-0.25, -0.2) is 22.2 Å². The number of aromatic nitrogens is 1. The van der Waals surface area contributed by atoms with E-state index in [0.29, 0.717) is 6.07 Å². The zero-order valence-corrected chi connectivity index (χ0v) is 10.6. The lowest BCUT2D eigenvalue weighted by molar-refractivity contribution is 0.146. The Hall–Kier alpha value is -0.220. The van der Waals surface area contributed by atoms with Gasteiger partial charge in [0.25, 0.3) is 15.5 Å². The Kier molecular flexibility index (Phi) is 3.71. The van der Waals surface area contributed by atoms with E-state index in [1.54, 1.807) is 22.6 Å². The molecule has 1 heterocycles. The summed E-state index contributed by atoms with van der Waals surface area (Å²) in [5.41, 5.74) is 4.57. The molecule has 9 heteroatoms. The van der Waals surface area contributed by atoms with Crippen LogP contribution in [0.4, 0.5) is 14.6 Å². The van der Waals surface area contributed by atoms with Crippen molar-refractivity contribution in [1.82, 2.24) is 4.98 Å². The van der Waals surface area contributed by atoms with Crippen LogP contribution in [0.5, 0.6) is 0 Å². The van der Waals surface area contributed by atoms with Crippen LogP contribution in [0, 0.1) is 3.57 Å². The molecule has 0 amide bonds. The molecule has 0 aliphatic rings. The number of anilines is 1. The Morgan fingerprint density at radius 1 is 1.53 bits per heavy atom. The molecule has 0 radical (unpaired) electrons. The van der Waals surface area contributed by atoms with Crippen LogP contribution in [-0.4, -0.2) is 13.4 Å². The van der Waals surface area contributed by atoms with Crippen molar-refractivity contribution in [2.24, 2.45) is 0 Å². The average Bonchev–Trinajstić information content (AvgIpc) is 2.06. The Labute approximate surface area is 102 Å². The zero-order valence-electron chi connectivity index (χ0n) is 6.92. The minimum Gasteiger partial charge on any atom is -0.383 e. The fourth-order valence-corrected chi connectivity index (χ4v) is 3.32. The molecule has 0 atom stereocenters. The standard InChI is InChI=1S/C6H4ClF2IN2O2S/c7-15(13,14)3-1-2(5(8)9)12-6(11)4(3)10/h1,5H,(H2,11,12). The molecule has 1 aromatic heterocycles. The van der Waals surface area contributed by atoms with Crippen molar-refractivity contribution in [1.29, 1.82) is 0 Å². The molecule has 84 valence electrons. The van der Waals surface area contributed by atoms with Gasteiger partial charge in [-0.05, 0) is 28.7 Å². The quantitative estimate of drug-likeness (QED) is 0.641. The van der Waals surface area contributed by atoms with E-state index in [9.17, 15) is 17.2 Å². The van der Waals surface area contributed by atoms with E-state index in [-0.39, 0.29) is 9.39 Å². The van der Waals surface area contributed by atoms with Crippen LogP contribution in [0.25, 0.3) is 0 Å². The summed E-state index contributed by atoms with van der Waals surface area (Å²) in [5, 5.41) is 0. The summed E-state index contributed by atoms with van der Waals surface area (Å²) < 4.78 is 46.6. The third-order valence-electron chi connectivity index (χ3n) is 1.46. The van der Waals surface area contributed by atoms with Gasteiger partial charge in [0.2, 0.25) is 0 Å². The van der Waals surface area contributed by atoms with E-state index in [4.69, 9.17) is 16.4 Å². The molecule has 0 bridgehead atoms. The highest BCUT2D eigenvalue weighted by Gasteiger charge is 2.21. The van der Waals surface area contributed by atoms with Gasteiger partial charge in [-0.1, -0.05) is 0 Å². The summed E-state index contributed by atoms with van der Waals surface area (Å²) in [7, 11) is 0.951. The minimum absolute atomic E-state index is 0.0343. The molecule has 1 aromatic rings. The third kappa shape index (κ3) is 2.88. The van der Waals surface area contributed by atoms with Gasteiger partial charge in [0.1, 0.15) is 16.4 Å². The number of halogens is 4. The Morgan fingerprint density at radius 2 is 2.07 bits per heavy atom. The van der Waals surface area contributed by atoms with Crippen molar-refractivity contribution in [3.8, 4) is 0 Å². The molecular weight excluding hydrogens is 364 g/mol. The van der Waals surface area contributed by atoms with Crippen molar-refractivity contribution >= 4 is 48.1 Å². The van der Waals surface area contributed by atoms with Crippen molar-refractivity contribution in [3.63, 3.8) is 0 Å². The predicted molar refractivity (Wildman–Crippen MR) is 59.4 cm³/mol. The third-order valence-corrected chi connectivity index (χ3v) is 4.30. The molecule has 1 rings (SSSR count). The van der Waals surface area contributed by atoms with Crippen molar-refractivity contribution in [2.45, 2.75) is 11.3 Å². The van der Waals surface area contributed by atoms with Gasteiger partial charge >= 0.3 is 0 Å². The van der Waals surface area contributed by atoms with E-state index in [1.807, 2.05) is 0 Å². The minimum atomic E-state index is -4.10. The van der Waals surface area contributed by atoms with Crippen LogP contribution < -0.4 is 5.73 Å². The molecule has 4 nitrogen and oxygen atoms in total. The molecule has 2 N–H and O–H groups in total. The summed E-state index contributed by atoms with van der Waals surface area (Å²) >= 11 is 1.57. The van der Waals surface area contributed by atoms with Gasteiger partial charge in [-0.15, -0.1) is 0 Å². The molecule has 15 heavy (non-hydrogen) atoms. The van der Waals surface area contributed by atoms with Gasteiger partial charge < -0.3 is 5.73 Å². The van der Waals surface area contributed by atoms with E-state index < -0.39 is 26.1 Å². The maximum atomic E-state index is 12.3. The maximum absolute atomic E-state index is 12.3. The first-order chi connectivity index (χ1) is 6.73. The summed E-state index contributed by atoms with van der Waals surface area (Å²) in [6, 6.07) is 0.713. The van der Waals surface area contributed by atoms with Crippen LogP contribution in [-0.2, 0) is 9.05 Å². The first-order valence-corrected chi connectivity index (χ1v) is 6.81. The van der Waals surface area contributed by atoms with Crippen molar-refractivity contribution < 1.29 is 17.2 Å². The van der Waals surface area contributed by atoms with Crippen molar-refractivity contribution in [3.05, 3.63) is 15.3 Å². The molecule has 0 aliphatic carbocycles. The SMILES string of the molecule is Nc1nc(C(F)F)cc(S(=O)(=O)Cl)c1I. The molecule has 0 unspecified atom stereocenters. The zero-order chi connectivity index (χ0) is 11.8. The van der Waals surface area contributed by atoms with Gasteiger partial charge in [0.05, 0.1) is 3.57 Å².